The molecule has 0 aliphatic rings. The summed E-state index contributed by atoms with van der Waals surface area (Å²) in [6.07, 6.45) is 1.21. The van der Waals surface area contributed by atoms with Crippen LogP contribution in [0.4, 0.5) is 4.79 Å². The minimum Gasteiger partial charge on any atom is -0.435 e. The summed E-state index contributed by atoms with van der Waals surface area (Å²) in [6, 6.07) is 0.640. The van der Waals surface area contributed by atoms with Gasteiger partial charge in [0.05, 0.1) is 19.8 Å². The topological polar surface area (TPSA) is 65.0 Å². The largest absolute Gasteiger partial charge is 0.518 e. The summed E-state index contributed by atoms with van der Waals surface area (Å²) >= 11 is 0. The highest BCUT2D eigenvalue weighted by Crippen LogP contribution is 2.30. The van der Waals surface area contributed by atoms with E-state index in [1.807, 2.05) is 0 Å². The zero-order valence-corrected chi connectivity index (χ0v) is 22.4. The zero-order chi connectivity index (χ0) is 21.0. The molecule has 0 saturated carbocycles. The van der Waals surface area contributed by atoms with Crippen molar-refractivity contribution in [2.24, 2.45) is 0 Å². The van der Waals surface area contributed by atoms with Crippen molar-refractivity contribution in [2.45, 2.75) is 71.4 Å². The summed E-state index contributed by atoms with van der Waals surface area (Å²) < 4.78 is 19.6. The molecule has 6 nitrogen and oxygen atoms in total. The van der Waals surface area contributed by atoms with Gasteiger partial charge in [-0.15, -0.1) is 0 Å². The maximum atomic E-state index is 11.5. The minimum absolute atomic E-state index is 0.225. The summed E-state index contributed by atoms with van der Waals surface area (Å²) in [5.74, 6) is 0. The minimum atomic E-state index is -2.90. The molecule has 0 rings (SSSR count). The van der Waals surface area contributed by atoms with Crippen molar-refractivity contribution < 1.29 is 26.7 Å². The van der Waals surface area contributed by atoms with Gasteiger partial charge in [0, 0.05) is 12.5 Å². The van der Waals surface area contributed by atoms with E-state index in [0.29, 0.717) is 19.0 Å². The molecule has 0 bridgehead atoms. The fourth-order valence-corrected chi connectivity index (χ4v) is 17.1. The van der Waals surface area contributed by atoms with E-state index in [9.17, 15) is 9.90 Å². The Balaban J connectivity index is 5.64. The third-order valence-corrected chi connectivity index (χ3v) is 15.4. The molecule has 0 radical (unpaired) electrons. The van der Waals surface area contributed by atoms with Gasteiger partial charge in [0.2, 0.25) is 0 Å². The molecule has 10 heteroatoms. The third kappa shape index (κ3) is 10.3. The van der Waals surface area contributed by atoms with Crippen molar-refractivity contribution >= 4 is 39.8 Å². The quantitative estimate of drug-likeness (QED) is 0.357. The van der Waals surface area contributed by atoms with Crippen LogP contribution in [0.1, 0.15) is 6.42 Å². The first kappa shape index (κ1) is 25.9. The Morgan fingerprint density at radius 1 is 0.923 bits per heavy atom. The second kappa shape index (κ2) is 8.95. The molecule has 0 saturated heterocycles. The van der Waals surface area contributed by atoms with Crippen LogP contribution in [0, 0.1) is 0 Å². The van der Waals surface area contributed by atoms with Crippen LogP contribution in [0.15, 0.2) is 12.8 Å². The van der Waals surface area contributed by atoms with Crippen molar-refractivity contribution in [1.29, 1.82) is 0 Å². The predicted molar refractivity (Wildman–Crippen MR) is 118 cm³/mol. The smallest absolute Gasteiger partial charge is 0.435 e. The van der Waals surface area contributed by atoms with E-state index in [1.54, 1.807) is 7.05 Å². The van der Waals surface area contributed by atoms with E-state index in [2.05, 4.69) is 65.5 Å². The number of rotatable bonds is 11. The second-order valence-electron chi connectivity index (χ2n) is 9.89. The molecule has 1 unspecified atom stereocenters. The van der Waals surface area contributed by atoms with Crippen molar-refractivity contribution in [3.05, 3.63) is 12.8 Å². The Bertz CT molecular complexity index is 456. The first-order valence-corrected chi connectivity index (χ1v) is 21.3. The molecule has 0 aliphatic heterocycles. The number of amides is 1. The molecule has 0 fully saturated rings. The van der Waals surface area contributed by atoms with E-state index in [4.69, 9.17) is 12.3 Å². The molecule has 26 heavy (non-hydrogen) atoms. The van der Waals surface area contributed by atoms with E-state index < -0.39 is 39.8 Å². The Morgan fingerprint density at radius 2 is 1.27 bits per heavy atom. The Kier molecular flexibility index (Phi) is 8.92. The van der Waals surface area contributed by atoms with Gasteiger partial charge in [-0.3, -0.25) is 0 Å². The van der Waals surface area contributed by atoms with Gasteiger partial charge in [-0.05, 0) is 65.5 Å². The van der Waals surface area contributed by atoms with Crippen LogP contribution in [0.25, 0.3) is 0 Å². The second-order valence-corrected chi connectivity index (χ2v) is 26.9. The van der Waals surface area contributed by atoms with E-state index in [1.165, 1.54) is 6.20 Å². The maximum absolute atomic E-state index is 11.5. The van der Waals surface area contributed by atoms with E-state index in [0.717, 1.165) is 0 Å². The van der Waals surface area contributed by atoms with Gasteiger partial charge < -0.3 is 17.5 Å². The Hall–Kier alpha value is -0.0825. The fraction of sp³-hybridized carbons (Fsp3) is 0.812. The van der Waals surface area contributed by atoms with Gasteiger partial charge in [-0.1, -0.05) is 0 Å². The lowest BCUT2D eigenvalue weighted by atomic mass is 10.4. The standard InChI is InChI=1S/C16H39NO5Si4/c1-12-17(2,16(18)19)14-13-15-26(20-23(3,4)5,21-24(6,7)8)22-25(9,10)11/h12H,1,13-15H2,2-11H3/p+1. The summed E-state index contributed by atoms with van der Waals surface area (Å²) in [7, 11) is -6.96. The van der Waals surface area contributed by atoms with Crippen LogP contribution >= 0.6 is 0 Å². The van der Waals surface area contributed by atoms with Crippen molar-refractivity contribution in [3.8, 4) is 0 Å². The monoisotopic (exact) mass is 438 g/mol. The molecular formula is C16H40NO5Si4+. The SMILES string of the molecule is C=C[N+](C)(CCC[Si](O[Si](C)(C)C)(O[Si](C)(C)C)O[Si](C)(C)C)C(=O)O. The molecule has 1 amide bonds. The lowest BCUT2D eigenvalue weighted by molar-refractivity contribution is -0.784. The van der Waals surface area contributed by atoms with Crippen LogP contribution < -0.4 is 0 Å². The van der Waals surface area contributed by atoms with Gasteiger partial charge in [0.15, 0.2) is 25.0 Å². The molecule has 0 aromatic carbocycles. The zero-order valence-electron chi connectivity index (χ0n) is 18.4. The van der Waals surface area contributed by atoms with Gasteiger partial charge in [0.1, 0.15) is 0 Å². The normalized spacial score (nSPS) is 16.2. The number of hydrogen-bond donors (Lipinski definition) is 1. The number of quaternary nitrogens is 1. The molecular weight excluding hydrogens is 399 g/mol. The molecule has 1 N–H and O–H groups in total. The van der Waals surface area contributed by atoms with Crippen LogP contribution in [-0.2, 0) is 12.3 Å². The highest BCUT2D eigenvalue weighted by molar-refractivity contribution is 6.90. The molecule has 0 aliphatic carbocycles. The summed E-state index contributed by atoms with van der Waals surface area (Å²) in [4.78, 5) is 11.5. The number of nitrogens with zero attached hydrogens (tertiary/aromatic N) is 1. The van der Waals surface area contributed by atoms with Crippen molar-refractivity contribution in [2.75, 3.05) is 13.6 Å². The average Bonchev–Trinajstić information content (AvgIpc) is 2.31. The summed E-state index contributed by atoms with van der Waals surface area (Å²) in [5.41, 5.74) is 0. The van der Waals surface area contributed by atoms with E-state index in [-0.39, 0.29) is 4.48 Å². The Morgan fingerprint density at radius 3 is 1.50 bits per heavy atom. The summed E-state index contributed by atoms with van der Waals surface area (Å²) in [6.45, 7) is 23.5. The van der Waals surface area contributed by atoms with Crippen LogP contribution in [-0.4, -0.2) is 63.0 Å². The highest BCUT2D eigenvalue weighted by atomic mass is 28.5. The van der Waals surface area contributed by atoms with Crippen molar-refractivity contribution in [1.82, 2.24) is 0 Å². The van der Waals surface area contributed by atoms with Crippen LogP contribution in [0.2, 0.25) is 65.0 Å². The number of carboxylic acid groups (broad SMARTS) is 1. The first-order chi connectivity index (χ1) is 11.3. The molecule has 0 aromatic rings. The van der Waals surface area contributed by atoms with Crippen LogP contribution in [0.3, 0.4) is 0 Å². The van der Waals surface area contributed by atoms with Gasteiger partial charge in [0.25, 0.3) is 0 Å². The fourth-order valence-electron chi connectivity index (χ4n) is 2.50. The Labute approximate surface area is 164 Å². The lowest BCUT2D eigenvalue weighted by Gasteiger charge is -2.43. The van der Waals surface area contributed by atoms with Gasteiger partial charge in [-0.2, -0.15) is 9.28 Å². The van der Waals surface area contributed by atoms with Gasteiger partial charge in [-0.25, -0.2) is 0 Å². The highest BCUT2D eigenvalue weighted by Gasteiger charge is 2.50. The first-order valence-electron chi connectivity index (χ1n) is 9.16. The molecule has 154 valence electrons. The lowest BCUT2D eigenvalue weighted by Crippen LogP contribution is -2.60. The molecule has 0 aromatic heterocycles. The molecule has 0 spiro atoms. The summed E-state index contributed by atoms with van der Waals surface area (Å²) in [5, 5.41) is 9.46. The predicted octanol–water partition coefficient (Wildman–Crippen LogP) is 5.14. The van der Waals surface area contributed by atoms with Crippen molar-refractivity contribution in [3.63, 3.8) is 0 Å². The molecule has 0 heterocycles. The number of hydrogen-bond acceptors (Lipinski definition) is 4. The maximum Gasteiger partial charge on any atom is 0.518 e. The molecule has 1 atom stereocenters. The van der Waals surface area contributed by atoms with Crippen LogP contribution in [0.5, 0.6) is 0 Å². The average molecular weight is 439 g/mol. The van der Waals surface area contributed by atoms with E-state index >= 15 is 0 Å². The van der Waals surface area contributed by atoms with Gasteiger partial charge >= 0.3 is 14.9 Å². The third-order valence-electron chi connectivity index (χ3n) is 3.33. The number of carbonyl (C=O) groups is 1.